The van der Waals surface area contributed by atoms with Crippen LogP contribution in [0.3, 0.4) is 0 Å². The molecule has 0 saturated heterocycles. The number of aryl methyl sites for hydroxylation is 1. The van der Waals surface area contributed by atoms with E-state index in [1.807, 2.05) is 17.9 Å². The Morgan fingerprint density at radius 2 is 2.50 bits per heavy atom. The number of amides is 1. The molecule has 1 aliphatic rings. The van der Waals surface area contributed by atoms with Crippen molar-refractivity contribution in [1.29, 1.82) is 0 Å². The van der Waals surface area contributed by atoms with E-state index < -0.39 is 6.04 Å². The lowest BCUT2D eigenvalue weighted by atomic mass is 9.93. The predicted molar refractivity (Wildman–Crippen MR) is 60.7 cm³/mol. The Bertz CT molecular complexity index is 397. The van der Waals surface area contributed by atoms with Gasteiger partial charge in [0.05, 0.1) is 18.3 Å². The van der Waals surface area contributed by atoms with E-state index in [0.717, 1.165) is 24.8 Å². The van der Waals surface area contributed by atoms with E-state index in [2.05, 4.69) is 10.4 Å². The van der Waals surface area contributed by atoms with Crippen molar-refractivity contribution in [3.8, 4) is 0 Å². The maximum Gasteiger partial charge on any atom is 0.237 e. The van der Waals surface area contributed by atoms with Crippen molar-refractivity contribution in [2.45, 2.75) is 38.3 Å². The summed E-state index contributed by atoms with van der Waals surface area (Å²) >= 11 is 0. The SMILES string of the molecule is CC(N)C(=O)NC1CCCc2c1cnn2C. The third-order valence-corrected chi connectivity index (χ3v) is 3.11. The van der Waals surface area contributed by atoms with Crippen LogP contribution in [0.2, 0.25) is 0 Å². The molecule has 2 rings (SSSR count). The fourth-order valence-electron chi connectivity index (χ4n) is 2.16. The van der Waals surface area contributed by atoms with E-state index in [9.17, 15) is 4.79 Å². The van der Waals surface area contributed by atoms with Gasteiger partial charge in [-0.15, -0.1) is 0 Å². The van der Waals surface area contributed by atoms with Crippen LogP contribution < -0.4 is 11.1 Å². The molecule has 1 amide bonds. The van der Waals surface area contributed by atoms with Crippen LogP contribution in [0.25, 0.3) is 0 Å². The van der Waals surface area contributed by atoms with Crippen LogP contribution >= 0.6 is 0 Å². The van der Waals surface area contributed by atoms with Crippen molar-refractivity contribution >= 4 is 5.91 Å². The molecule has 0 aliphatic heterocycles. The van der Waals surface area contributed by atoms with Crippen molar-refractivity contribution in [2.24, 2.45) is 12.8 Å². The Labute approximate surface area is 95.0 Å². The van der Waals surface area contributed by atoms with Crippen LogP contribution in [0.4, 0.5) is 0 Å². The van der Waals surface area contributed by atoms with E-state index in [1.165, 1.54) is 5.69 Å². The van der Waals surface area contributed by atoms with Gasteiger partial charge in [-0.3, -0.25) is 9.48 Å². The van der Waals surface area contributed by atoms with E-state index in [1.54, 1.807) is 6.92 Å². The fraction of sp³-hybridized carbons (Fsp3) is 0.636. The van der Waals surface area contributed by atoms with Crippen LogP contribution in [0.5, 0.6) is 0 Å². The van der Waals surface area contributed by atoms with E-state index >= 15 is 0 Å². The molecule has 16 heavy (non-hydrogen) atoms. The molecule has 1 aromatic rings. The van der Waals surface area contributed by atoms with Gasteiger partial charge < -0.3 is 11.1 Å². The van der Waals surface area contributed by atoms with Crippen molar-refractivity contribution in [3.05, 3.63) is 17.5 Å². The maximum absolute atomic E-state index is 11.6. The van der Waals surface area contributed by atoms with E-state index in [-0.39, 0.29) is 11.9 Å². The number of carbonyl (C=O) groups excluding carboxylic acids is 1. The molecule has 0 aromatic carbocycles. The number of nitrogens with one attached hydrogen (secondary N) is 1. The van der Waals surface area contributed by atoms with Gasteiger partial charge in [-0.05, 0) is 26.2 Å². The van der Waals surface area contributed by atoms with Gasteiger partial charge in [0.2, 0.25) is 5.91 Å². The van der Waals surface area contributed by atoms with Crippen molar-refractivity contribution in [1.82, 2.24) is 15.1 Å². The van der Waals surface area contributed by atoms with Crippen LogP contribution in [-0.4, -0.2) is 21.7 Å². The number of rotatable bonds is 2. The summed E-state index contributed by atoms with van der Waals surface area (Å²) in [5, 5.41) is 7.21. The molecule has 1 aliphatic carbocycles. The summed E-state index contributed by atoms with van der Waals surface area (Å²) in [6.45, 7) is 1.70. The van der Waals surface area contributed by atoms with Gasteiger partial charge in [0, 0.05) is 18.3 Å². The van der Waals surface area contributed by atoms with Crippen LogP contribution in [0.15, 0.2) is 6.20 Å². The minimum Gasteiger partial charge on any atom is -0.348 e. The zero-order chi connectivity index (χ0) is 11.7. The maximum atomic E-state index is 11.6. The minimum absolute atomic E-state index is 0.0796. The van der Waals surface area contributed by atoms with Gasteiger partial charge in [-0.1, -0.05) is 0 Å². The number of hydrogen-bond donors (Lipinski definition) is 2. The Kier molecular flexibility index (Phi) is 2.96. The average molecular weight is 222 g/mol. The zero-order valence-corrected chi connectivity index (χ0v) is 9.73. The standard InChI is InChI=1S/C11H18N4O/c1-7(12)11(16)14-9-4-3-5-10-8(9)6-13-15(10)2/h6-7,9H,3-5,12H2,1-2H3,(H,14,16). The summed E-state index contributed by atoms with van der Waals surface area (Å²) in [6, 6.07) is -0.377. The molecule has 5 heteroatoms. The van der Waals surface area contributed by atoms with Crippen LogP contribution in [0.1, 0.15) is 37.1 Å². The van der Waals surface area contributed by atoms with Gasteiger partial charge in [-0.25, -0.2) is 0 Å². The van der Waals surface area contributed by atoms with Gasteiger partial charge in [0.15, 0.2) is 0 Å². The first-order valence-corrected chi connectivity index (χ1v) is 5.66. The highest BCUT2D eigenvalue weighted by Crippen LogP contribution is 2.28. The highest BCUT2D eigenvalue weighted by atomic mass is 16.2. The molecular formula is C11H18N4O. The molecule has 0 fully saturated rings. The third kappa shape index (κ3) is 1.95. The van der Waals surface area contributed by atoms with Crippen LogP contribution in [-0.2, 0) is 18.3 Å². The van der Waals surface area contributed by atoms with Crippen molar-refractivity contribution < 1.29 is 4.79 Å². The smallest absolute Gasteiger partial charge is 0.237 e. The number of aromatic nitrogens is 2. The quantitative estimate of drug-likeness (QED) is 0.754. The summed E-state index contributed by atoms with van der Waals surface area (Å²) in [6.07, 6.45) is 4.94. The van der Waals surface area contributed by atoms with Gasteiger partial charge in [0.1, 0.15) is 0 Å². The first-order chi connectivity index (χ1) is 7.59. The summed E-state index contributed by atoms with van der Waals surface area (Å²) < 4.78 is 1.89. The van der Waals surface area contributed by atoms with Crippen molar-refractivity contribution in [2.75, 3.05) is 0 Å². The monoisotopic (exact) mass is 222 g/mol. The molecule has 1 heterocycles. The average Bonchev–Trinajstić information content (AvgIpc) is 2.62. The normalized spacial score (nSPS) is 21.3. The first kappa shape index (κ1) is 11.1. The zero-order valence-electron chi connectivity index (χ0n) is 9.73. The fourth-order valence-corrected chi connectivity index (χ4v) is 2.16. The molecule has 0 bridgehead atoms. The Morgan fingerprint density at radius 1 is 1.75 bits per heavy atom. The Morgan fingerprint density at radius 3 is 3.19 bits per heavy atom. The highest BCUT2D eigenvalue weighted by molar-refractivity contribution is 5.81. The summed E-state index contributed by atoms with van der Waals surface area (Å²) in [5.41, 5.74) is 7.91. The molecule has 2 unspecified atom stereocenters. The van der Waals surface area contributed by atoms with Gasteiger partial charge in [0.25, 0.3) is 0 Å². The number of hydrogen-bond acceptors (Lipinski definition) is 3. The second kappa shape index (κ2) is 4.25. The summed E-state index contributed by atoms with van der Waals surface area (Å²) in [7, 11) is 1.94. The Balaban J connectivity index is 2.16. The van der Waals surface area contributed by atoms with Crippen LogP contribution in [0, 0.1) is 0 Å². The molecule has 0 saturated carbocycles. The van der Waals surface area contributed by atoms with Crippen molar-refractivity contribution in [3.63, 3.8) is 0 Å². The number of fused-ring (bicyclic) bond motifs is 1. The third-order valence-electron chi connectivity index (χ3n) is 3.11. The summed E-state index contributed by atoms with van der Waals surface area (Å²) in [4.78, 5) is 11.6. The van der Waals surface area contributed by atoms with E-state index in [0.29, 0.717) is 0 Å². The molecule has 0 spiro atoms. The summed E-state index contributed by atoms with van der Waals surface area (Å²) in [5.74, 6) is -0.0956. The topological polar surface area (TPSA) is 72.9 Å². The molecule has 3 N–H and O–H groups in total. The highest BCUT2D eigenvalue weighted by Gasteiger charge is 2.25. The first-order valence-electron chi connectivity index (χ1n) is 5.66. The van der Waals surface area contributed by atoms with Gasteiger partial charge >= 0.3 is 0 Å². The lowest BCUT2D eigenvalue weighted by molar-refractivity contribution is -0.122. The lowest BCUT2D eigenvalue weighted by Crippen LogP contribution is -2.41. The lowest BCUT2D eigenvalue weighted by Gasteiger charge is -2.24. The molecule has 5 nitrogen and oxygen atoms in total. The molecule has 2 atom stereocenters. The van der Waals surface area contributed by atoms with E-state index in [4.69, 9.17) is 5.73 Å². The molecule has 88 valence electrons. The number of nitrogens with zero attached hydrogens (tertiary/aromatic N) is 2. The number of nitrogens with two attached hydrogens (primary N) is 1. The Hall–Kier alpha value is -1.36. The second-order valence-corrected chi connectivity index (χ2v) is 4.41. The molecule has 1 aromatic heterocycles. The molecular weight excluding hydrogens is 204 g/mol. The predicted octanol–water partition coefficient (Wildman–Crippen LogP) is 0.261. The molecule has 0 radical (unpaired) electrons. The minimum atomic E-state index is -0.456. The largest absolute Gasteiger partial charge is 0.348 e. The second-order valence-electron chi connectivity index (χ2n) is 4.41. The van der Waals surface area contributed by atoms with Gasteiger partial charge in [-0.2, -0.15) is 5.10 Å². The number of carbonyl (C=O) groups is 1.